The van der Waals surface area contributed by atoms with Crippen LogP contribution in [-0.2, 0) is 6.54 Å². The molecule has 0 radical (unpaired) electrons. The number of nitrogens with zero attached hydrogens (tertiary/aromatic N) is 3. The van der Waals surface area contributed by atoms with Gasteiger partial charge < -0.3 is 14.8 Å². The molecule has 2 heterocycles. The third-order valence-electron chi connectivity index (χ3n) is 3.93. The van der Waals surface area contributed by atoms with Gasteiger partial charge in [-0.3, -0.25) is 10.1 Å². The van der Waals surface area contributed by atoms with Crippen LogP contribution < -0.4 is 5.32 Å². The largest absolute Gasteiger partial charge is 0.366 e. The number of nitro benzene ring substituents is 1. The van der Waals surface area contributed by atoms with Gasteiger partial charge in [-0.2, -0.15) is 0 Å². The minimum absolute atomic E-state index is 0.0375. The monoisotopic (exact) mass is 316 g/mol. The molecule has 0 saturated carbocycles. The number of nitrogens with one attached hydrogen (secondary N) is 1. The van der Waals surface area contributed by atoms with E-state index in [0.717, 1.165) is 24.3 Å². The zero-order valence-corrected chi connectivity index (χ0v) is 12.9. The van der Waals surface area contributed by atoms with Gasteiger partial charge in [0.15, 0.2) is 5.11 Å². The summed E-state index contributed by atoms with van der Waals surface area (Å²) in [6.07, 6.45) is 2.05. The summed E-state index contributed by atoms with van der Waals surface area (Å²) >= 11 is 5.42. The minimum atomic E-state index is -0.386. The molecule has 1 unspecified atom stereocenters. The lowest BCUT2D eigenvalue weighted by molar-refractivity contribution is -0.384. The molecule has 2 aromatic rings. The highest BCUT2D eigenvalue weighted by Gasteiger charge is 2.30. The zero-order valence-electron chi connectivity index (χ0n) is 12.1. The second-order valence-electron chi connectivity index (χ2n) is 5.13. The smallest absolute Gasteiger partial charge is 0.269 e. The average molecular weight is 316 g/mol. The van der Waals surface area contributed by atoms with Crippen LogP contribution in [0.3, 0.4) is 0 Å². The van der Waals surface area contributed by atoms with E-state index in [1.807, 2.05) is 19.3 Å². The molecule has 1 aliphatic heterocycles. The number of rotatable bonds is 2. The predicted molar refractivity (Wildman–Crippen MR) is 87.7 cm³/mol. The molecule has 0 fully saturated rings. The molecule has 1 atom stereocenters. The van der Waals surface area contributed by atoms with E-state index in [4.69, 9.17) is 12.2 Å². The number of benzene rings is 1. The lowest BCUT2D eigenvalue weighted by Crippen LogP contribution is -2.46. The molecule has 0 spiro atoms. The Labute approximate surface area is 133 Å². The number of nitro groups is 1. The normalized spacial score (nSPS) is 17.0. The lowest BCUT2D eigenvalue weighted by atomic mass is 10.00. The quantitative estimate of drug-likeness (QED) is 0.523. The molecule has 1 aromatic carbocycles. The fraction of sp³-hybridized carbons (Fsp3) is 0.267. The summed E-state index contributed by atoms with van der Waals surface area (Å²) in [6, 6.07) is 10.7. The van der Waals surface area contributed by atoms with Gasteiger partial charge in [-0.25, -0.2) is 0 Å². The summed E-state index contributed by atoms with van der Waals surface area (Å²) in [5, 5.41) is 14.5. The first-order valence-corrected chi connectivity index (χ1v) is 7.40. The van der Waals surface area contributed by atoms with Gasteiger partial charge in [-0.05, 0) is 42.0 Å². The van der Waals surface area contributed by atoms with Crippen molar-refractivity contribution in [3.63, 3.8) is 0 Å². The van der Waals surface area contributed by atoms with Crippen LogP contribution in [0.25, 0.3) is 0 Å². The van der Waals surface area contributed by atoms with Gasteiger partial charge in [-0.1, -0.05) is 0 Å². The highest BCUT2D eigenvalue weighted by atomic mass is 32.1. The topological polar surface area (TPSA) is 63.3 Å². The van der Waals surface area contributed by atoms with Crippen molar-refractivity contribution in [2.45, 2.75) is 12.6 Å². The van der Waals surface area contributed by atoms with Gasteiger partial charge >= 0.3 is 0 Å². The van der Waals surface area contributed by atoms with E-state index in [9.17, 15) is 10.1 Å². The van der Waals surface area contributed by atoms with Crippen molar-refractivity contribution in [2.75, 3.05) is 13.6 Å². The fourth-order valence-electron chi connectivity index (χ4n) is 2.87. The molecule has 0 amide bonds. The Morgan fingerprint density at radius 2 is 2.05 bits per heavy atom. The van der Waals surface area contributed by atoms with Crippen molar-refractivity contribution >= 4 is 23.0 Å². The van der Waals surface area contributed by atoms with Crippen LogP contribution in [0.15, 0.2) is 42.6 Å². The third-order valence-corrected chi connectivity index (χ3v) is 4.37. The number of hydrogen-bond acceptors (Lipinski definition) is 3. The van der Waals surface area contributed by atoms with Crippen molar-refractivity contribution in [3.8, 4) is 0 Å². The maximum Gasteiger partial charge on any atom is 0.269 e. The molecule has 1 aliphatic rings. The molecule has 22 heavy (non-hydrogen) atoms. The maximum absolute atomic E-state index is 10.8. The third kappa shape index (κ3) is 2.43. The molecular formula is C15H16N4O2S. The number of fused-ring (bicyclic) bond motifs is 1. The number of hydrogen-bond donors (Lipinski definition) is 1. The van der Waals surface area contributed by atoms with E-state index in [2.05, 4.69) is 20.9 Å². The summed E-state index contributed by atoms with van der Waals surface area (Å²) in [5.41, 5.74) is 2.22. The van der Waals surface area contributed by atoms with E-state index in [-0.39, 0.29) is 16.7 Å². The molecule has 1 aromatic heterocycles. The summed E-state index contributed by atoms with van der Waals surface area (Å²) in [5.74, 6) is 0. The Hall–Kier alpha value is -2.41. The van der Waals surface area contributed by atoms with Gasteiger partial charge in [0, 0.05) is 44.2 Å². The Bertz CT molecular complexity index is 711. The SMILES string of the molecule is CNC(=S)N1CCn2cccc2C1c1ccc([N+](=O)[O-])cc1. The van der Waals surface area contributed by atoms with Crippen LogP contribution >= 0.6 is 12.2 Å². The van der Waals surface area contributed by atoms with E-state index in [1.165, 1.54) is 12.1 Å². The van der Waals surface area contributed by atoms with Gasteiger partial charge in [0.2, 0.25) is 0 Å². The van der Waals surface area contributed by atoms with Crippen LogP contribution in [0.4, 0.5) is 5.69 Å². The first-order chi connectivity index (χ1) is 10.6. The van der Waals surface area contributed by atoms with Gasteiger partial charge in [-0.15, -0.1) is 0 Å². The number of non-ortho nitro benzene ring substituents is 1. The number of aromatic nitrogens is 1. The van der Waals surface area contributed by atoms with Crippen LogP contribution in [0.5, 0.6) is 0 Å². The second-order valence-corrected chi connectivity index (χ2v) is 5.51. The van der Waals surface area contributed by atoms with E-state index in [0.29, 0.717) is 5.11 Å². The van der Waals surface area contributed by atoms with Crippen molar-refractivity contribution in [3.05, 3.63) is 64.0 Å². The van der Waals surface area contributed by atoms with Crippen molar-refractivity contribution < 1.29 is 4.92 Å². The summed E-state index contributed by atoms with van der Waals surface area (Å²) < 4.78 is 2.20. The Morgan fingerprint density at radius 3 is 2.68 bits per heavy atom. The van der Waals surface area contributed by atoms with E-state index < -0.39 is 0 Å². The Morgan fingerprint density at radius 1 is 1.32 bits per heavy atom. The first kappa shape index (κ1) is 14.5. The minimum Gasteiger partial charge on any atom is -0.366 e. The van der Waals surface area contributed by atoms with Crippen molar-refractivity contribution in [1.82, 2.24) is 14.8 Å². The first-order valence-electron chi connectivity index (χ1n) is 6.99. The van der Waals surface area contributed by atoms with Crippen LogP contribution in [0.2, 0.25) is 0 Å². The summed E-state index contributed by atoms with van der Waals surface area (Å²) in [6.45, 7) is 1.66. The predicted octanol–water partition coefficient (Wildman–Crippen LogP) is 2.31. The fourth-order valence-corrected chi connectivity index (χ4v) is 3.07. The van der Waals surface area contributed by atoms with Crippen LogP contribution in [0.1, 0.15) is 17.3 Å². The lowest BCUT2D eigenvalue weighted by Gasteiger charge is -2.38. The highest BCUT2D eigenvalue weighted by Crippen LogP contribution is 2.33. The Balaban J connectivity index is 2.03. The second kappa shape index (κ2) is 5.76. The molecule has 7 heteroatoms. The van der Waals surface area contributed by atoms with Gasteiger partial charge in [0.05, 0.1) is 11.0 Å². The summed E-state index contributed by atoms with van der Waals surface area (Å²) in [4.78, 5) is 12.6. The molecule has 1 N–H and O–H groups in total. The average Bonchev–Trinajstić information content (AvgIpc) is 3.01. The Kier molecular flexibility index (Phi) is 3.81. The number of thiocarbonyl (C=S) groups is 1. The molecular weight excluding hydrogens is 300 g/mol. The van der Waals surface area contributed by atoms with Gasteiger partial charge in [0.1, 0.15) is 0 Å². The molecule has 114 valence electrons. The van der Waals surface area contributed by atoms with E-state index >= 15 is 0 Å². The zero-order chi connectivity index (χ0) is 15.7. The van der Waals surface area contributed by atoms with Crippen molar-refractivity contribution in [1.29, 1.82) is 0 Å². The highest BCUT2D eigenvalue weighted by molar-refractivity contribution is 7.80. The molecule has 0 saturated heterocycles. The summed E-state index contributed by atoms with van der Waals surface area (Å²) in [7, 11) is 1.81. The van der Waals surface area contributed by atoms with Crippen molar-refractivity contribution in [2.24, 2.45) is 0 Å². The molecule has 0 bridgehead atoms. The van der Waals surface area contributed by atoms with Crippen LogP contribution in [0, 0.1) is 10.1 Å². The standard InChI is InChI=1S/C15H16N4O2S/c1-16-15(22)18-10-9-17-8-2-3-13(17)14(18)11-4-6-12(7-5-11)19(20)21/h2-8,14H,9-10H2,1H3,(H,16,22). The molecule has 3 rings (SSSR count). The molecule has 6 nitrogen and oxygen atoms in total. The molecule has 0 aliphatic carbocycles. The maximum atomic E-state index is 10.8. The van der Waals surface area contributed by atoms with Gasteiger partial charge in [0.25, 0.3) is 5.69 Å². The van der Waals surface area contributed by atoms with E-state index in [1.54, 1.807) is 12.1 Å². The van der Waals surface area contributed by atoms with Crippen LogP contribution in [-0.4, -0.2) is 33.1 Å².